The molecule has 2 heterocycles. The zero-order valence-electron chi connectivity index (χ0n) is 16.1. The number of pyridine rings is 1. The average Bonchev–Trinajstić information content (AvgIpc) is 2.67. The van der Waals surface area contributed by atoms with Gasteiger partial charge in [0.2, 0.25) is 0 Å². The summed E-state index contributed by atoms with van der Waals surface area (Å²) in [7, 11) is 0. The maximum atomic E-state index is 12.8. The Labute approximate surface area is 160 Å². The van der Waals surface area contributed by atoms with Crippen LogP contribution in [0.3, 0.4) is 0 Å². The van der Waals surface area contributed by atoms with E-state index in [1.54, 1.807) is 17.0 Å². The maximum Gasteiger partial charge on any atom is 0.272 e. The molecular formula is C21H26N4O2. The molecule has 0 bridgehead atoms. The molecule has 1 aliphatic rings. The number of amides is 2. The van der Waals surface area contributed by atoms with E-state index >= 15 is 0 Å². The lowest BCUT2D eigenvalue weighted by atomic mass is 10.1. The van der Waals surface area contributed by atoms with Crippen molar-refractivity contribution >= 4 is 17.5 Å². The number of carbonyl (C=O) groups excluding carboxylic acids is 2. The summed E-state index contributed by atoms with van der Waals surface area (Å²) in [4.78, 5) is 33.4. The van der Waals surface area contributed by atoms with Gasteiger partial charge in [0.05, 0.1) is 0 Å². The standard InChI is InChI=1S/C21H26N4O2/c1-21(2,3)23-19(26)16-9-10-22-18(15-16)20(27)25-13-11-24(12-14-25)17-7-5-4-6-8-17/h4-10,15H,11-14H2,1-3H3,(H,23,26). The molecule has 1 aromatic carbocycles. The van der Waals surface area contributed by atoms with Gasteiger partial charge < -0.3 is 15.1 Å². The second-order valence-corrected chi connectivity index (χ2v) is 7.75. The molecular weight excluding hydrogens is 340 g/mol. The molecule has 1 N–H and O–H groups in total. The molecule has 0 saturated carbocycles. The van der Waals surface area contributed by atoms with Gasteiger partial charge in [-0.3, -0.25) is 14.6 Å². The molecule has 2 amide bonds. The summed E-state index contributed by atoms with van der Waals surface area (Å²) in [5, 5.41) is 2.91. The third kappa shape index (κ3) is 4.84. The third-order valence-corrected chi connectivity index (χ3v) is 4.42. The Morgan fingerprint density at radius 2 is 1.67 bits per heavy atom. The first kappa shape index (κ1) is 18.9. The van der Waals surface area contributed by atoms with E-state index in [0.29, 0.717) is 24.3 Å². The normalized spacial score (nSPS) is 14.8. The Morgan fingerprint density at radius 1 is 1.00 bits per heavy atom. The van der Waals surface area contributed by atoms with E-state index in [9.17, 15) is 9.59 Å². The number of hydrogen-bond donors (Lipinski definition) is 1. The Kier molecular flexibility index (Phi) is 5.44. The van der Waals surface area contributed by atoms with Crippen LogP contribution in [0.5, 0.6) is 0 Å². The summed E-state index contributed by atoms with van der Waals surface area (Å²) in [6.07, 6.45) is 1.52. The van der Waals surface area contributed by atoms with Crippen LogP contribution in [-0.2, 0) is 0 Å². The number of para-hydroxylation sites is 1. The maximum absolute atomic E-state index is 12.8. The lowest BCUT2D eigenvalue weighted by molar-refractivity contribution is 0.0741. The summed E-state index contributed by atoms with van der Waals surface area (Å²) in [6, 6.07) is 13.4. The lowest BCUT2D eigenvalue weighted by Gasteiger charge is -2.36. The van der Waals surface area contributed by atoms with E-state index in [1.807, 2.05) is 39.0 Å². The second kappa shape index (κ2) is 7.78. The molecule has 1 aromatic heterocycles. The summed E-state index contributed by atoms with van der Waals surface area (Å²) in [5.41, 5.74) is 1.60. The Bertz CT molecular complexity index is 806. The predicted octanol–water partition coefficient (Wildman–Crippen LogP) is 2.57. The number of carbonyl (C=O) groups is 2. The van der Waals surface area contributed by atoms with Crippen LogP contribution in [0.25, 0.3) is 0 Å². The number of aromatic nitrogens is 1. The fraction of sp³-hybridized carbons (Fsp3) is 0.381. The minimum absolute atomic E-state index is 0.131. The first-order chi connectivity index (χ1) is 12.8. The Morgan fingerprint density at radius 3 is 2.30 bits per heavy atom. The predicted molar refractivity (Wildman–Crippen MR) is 106 cm³/mol. The van der Waals surface area contributed by atoms with Crippen molar-refractivity contribution in [2.24, 2.45) is 0 Å². The molecule has 1 saturated heterocycles. The average molecular weight is 366 g/mol. The van der Waals surface area contributed by atoms with Gasteiger partial charge in [-0.25, -0.2) is 0 Å². The van der Waals surface area contributed by atoms with E-state index in [-0.39, 0.29) is 17.4 Å². The zero-order valence-corrected chi connectivity index (χ0v) is 16.1. The molecule has 1 aliphatic heterocycles. The van der Waals surface area contributed by atoms with Gasteiger partial charge in [-0.05, 0) is 45.0 Å². The summed E-state index contributed by atoms with van der Waals surface area (Å²) >= 11 is 0. The van der Waals surface area contributed by atoms with E-state index < -0.39 is 0 Å². The van der Waals surface area contributed by atoms with Crippen molar-refractivity contribution in [1.29, 1.82) is 0 Å². The third-order valence-electron chi connectivity index (χ3n) is 4.42. The van der Waals surface area contributed by atoms with Crippen molar-refractivity contribution in [2.75, 3.05) is 31.1 Å². The minimum atomic E-state index is -0.335. The van der Waals surface area contributed by atoms with Gasteiger partial charge in [0.15, 0.2) is 0 Å². The molecule has 0 atom stereocenters. The van der Waals surface area contributed by atoms with Crippen LogP contribution < -0.4 is 10.2 Å². The number of rotatable bonds is 3. The molecule has 142 valence electrons. The van der Waals surface area contributed by atoms with Crippen LogP contribution in [0.15, 0.2) is 48.7 Å². The zero-order chi connectivity index (χ0) is 19.4. The van der Waals surface area contributed by atoms with Crippen LogP contribution in [0.1, 0.15) is 41.6 Å². The molecule has 1 fully saturated rings. The number of nitrogens with zero attached hydrogens (tertiary/aromatic N) is 3. The van der Waals surface area contributed by atoms with Crippen molar-refractivity contribution < 1.29 is 9.59 Å². The smallest absolute Gasteiger partial charge is 0.272 e. The fourth-order valence-electron chi connectivity index (χ4n) is 3.07. The van der Waals surface area contributed by atoms with Crippen molar-refractivity contribution in [3.63, 3.8) is 0 Å². The minimum Gasteiger partial charge on any atom is -0.368 e. The van der Waals surface area contributed by atoms with Crippen LogP contribution in [0.4, 0.5) is 5.69 Å². The van der Waals surface area contributed by atoms with Gasteiger partial charge in [0, 0.05) is 49.2 Å². The van der Waals surface area contributed by atoms with Gasteiger partial charge >= 0.3 is 0 Å². The molecule has 6 heteroatoms. The van der Waals surface area contributed by atoms with Crippen molar-refractivity contribution in [2.45, 2.75) is 26.3 Å². The largest absolute Gasteiger partial charge is 0.368 e. The van der Waals surface area contributed by atoms with Crippen molar-refractivity contribution in [1.82, 2.24) is 15.2 Å². The number of hydrogen-bond acceptors (Lipinski definition) is 4. The molecule has 0 unspecified atom stereocenters. The molecule has 0 radical (unpaired) electrons. The van der Waals surface area contributed by atoms with Crippen molar-refractivity contribution in [3.8, 4) is 0 Å². The van der Waals surface area contributed by atoms with Crippen LogP contribution in [0, 0.1) is 0 Å². The number of nitrogens with one attached hydrogen (secondary N) is 1. The van der Waals surface area contributed by atoms with Gasteiger partial charge in [-0.2, -0.15) is 0 Å². The first-order valence-corrected chi connectivity index (χ1v) is 9.21. The van der Waals surface area contributed by atoms with Gasteiger partial charge in [0.25, 0.3) is 11.8 Å². The number of anilines is 1. The quantitative estimate of drug-likeness (QED) is 0.907. The molecule has 27 heavy (non-hydrogen) atoms. The van der Waals surface area contributed by atoms with Crippen LogP contribution >= 0.6 is 0 Å². The highest BCUT2D eigenvalue weighted by Crippen LogP contribution is 2.17. The van der Waals surface area contributed by atoms with Crippen molar-refractivity contribution in [3.05, 3.63) is 59.9 Å². The highest BCUT2D eigenvalue weighted by Gasteiger charge is 2.24. The molecule has 0 spiro atoms. The van der Waals surface area contributed by atoms with Crippen LogP contribution in [-0.4, -0.2) is 53.4 Å². The lowest BCUT2D eigenvalue weighted by Crippen LogP contribution is -2.49. The van der Waals surface area contributed by atoms with Gasteiger partial charge in [-0.1, -0.05) is 18.2 Å². The Hall–Kier alpha value is -2.89. The number of piperazine rings is 1. The van der Waals surface area contributed by atoms with E-state index in [0.717, 1.165) is 13.1 Å². The summed E-state index contributed by atoms with van der Waals surface area (Å²) in [6.45, 7) is 8.58. The van der Waals surface area contributed by atoms with Gasteiger partial charge in [0.1, 0.15) is 5.69 Å². The monoisotopic (exact) mass is 366 g/mol. The van der Waals surface area contributed by atoms with Gasteiger partial charge in [-0.15, -0.1) is 0 Å². The fourth-order valence-corrected chi connectivity index (χ4v) is 3.07. The Balaban J connectivity index is 1.65. The molecule has 3 rings (SSSR count). The first-order valence-electron chi connectivity index (χ1n) is 9.21. The van der Waals surface area contributed by atoms with Crippen LogP contribution in [0.2, 0.25) is 0 Å². The summed E-state index contributed by atoms with van der Waals surface area (Å²) < 4.78 is 0. The SMILES string of the molecule is CC(C)(C)NC(=O)c1ccnc(C(=O)N2CCN(c3ccccc3)CC2)c1. The highest BCUT2D eigenvalue weighted by atomic mass is 16.2. The second-order valence-electron chi connectivity index (χ2n) is 7.75. The molecule has 0 aliphatic carbocycles. The number of benzene rings is 1. The molecule has 2 aromatic rings. The molecule has 6 nitrogen and oxygen atoms in total. The highest BCUT2D eigenvalue weighted by molar-refractivity contribution is 5.98. The summed E-state index contributed by atoms with van der Waals surface area (Å²) in [5.74, 6) is -0.332. The van der Waals surface area contributed by atoms with E-state index in [1.165, 1.54) is 11.9 Å². The topological polar surface area (TPSA) is 65.5 Å². The van der Waals surface area contributed by atoms with E-state index in [4.69, 9.17) is 0 Å². The van der Waals surface area contributed by atoms with E-state index in [2.05, 4.69) is 27.3 Å².